The van der Waals surface area contributed by atoms with E-state index in [9.17, 15) is 17.6 Å². The number of ether oxygens (including phenoxy) is 1. The normalized spacial score (nSPS) is 13.5. The summed E-state index contributed by atoms with van der Waals surface area (Å²) in [6.07, 6.45) is 1.57. The van der Waals surface area contributed by atoms with Crippen LogP contribution >= 0.6 is 11.6 Å². The summed E-state index contributed by atoms with van der Waals surface area (Å²) in [4.78, 5) is 12.4. The topological polar surface area (TPSA) is 63.7 Å². The molecule has 0 spiro atoms. The fourth-order valence-corrected chi connectivity index (χ4v) is 5.29. The van der Waals surface area contributed by atoms with Crippen LogP contribution in [0.2, 0.25) is 5.02 Å². The van der Waals surface area contributed by atoms with Crippen molar-refractivity contribution in [2.75, 3.05) is 10.8 Å². The minimum Gasteiger partial charge on any atom is -0.457 e. The monoisotopic (exact) mass is 459 g/mol. The largest absolute Gasteiger partial charge is 0.457 e. The number of anilines is 1. The first kappa shape index (κ1) is 21.3. The Hall–Kier alpha value is -2.90. The van der Waals surface area contributed by atoms with Crippen LogP contribution in [0.1, 0.15) is 27.9 Å². The van der Waals surface area contributed by atoms with Gasteiger partial charge in [-0.05, 0) is 60.9 Å². The molecule has 0 saturated heterocycles. The van der Waals surface area contributed by atoms with Crippen LogP contribution in [0.15, 0.2) is 71.6 Å². The number of hydrogen-bond acceptors (Lipinski definition) is 4. The summed E-state index contributed by atoms with van der Waals surface area (Å²) in [6, 6.07) is 17.1. The number of nitrogens with zero attached hydrogens (tertiary/aromatic N) is 1. The Morgan fingerprint density at radius 3 is 2.52 bits per heavy atom. The van der Waals surface area contributed by atoms with Gasteiger partial charge in [0.2, 0.25) is 0 Å². The highest BCUT2D eigenvalue weighted by atomic mass is 35.5. The smallest absolute Gasteiger partial charge is 0.338 e. The van der Waals surface area contributed by atoms with E-state index in [2.05, 4.69) is 0 Å². The van der Waals surface area contributed by atoms with Crippen molar-refractivity contribution in [1.82, 2.24) is 0 Å². The number of hydrogen-bond donors (Lipinski definition) is 0. The van der Waals surface area contributed by atoms with Gasteiger partial charge < -0.3 is 4.74 Å². The van der Waals surface area contributed by atoms with Crippen molar-refractivity contribution in [3.63, 3.8) is 0 Å². The molecule has 4 rings (SSSR count). The molecule has 0 saturated carbocycles. The number of halogens is 2. The van der Waals surface area contributed by atoms with E-state index in [1.54, 1.807) is 6.07 Å². The van der Waals surface area contributed by atoms with E-state index in [0.717, 1.165) is 18.4 Å². The molecule has 1 aliphatic rings. The predicted octanol–water partition coefficient (Wildman–Crippen LogP) is 4.98. The van der Waals surface area contributed by atoms with Crippen molar-refractivity contribution < 1.29 is 22.3 Å². The van der Waals surface area contributed by atoms with Gasteiger partial charge in [-0.2, -0.15) is 0 Å². The molecule has 0 bridgehead atoms. The van der Waals surface area contributed by atoms with Gasteiger partial charge in [-0.25, -0.2) is 17.6 Å². The number of fused-ring (bicyclic) bond motifs is 1. The summed E-state index contributed by atoms with van der Waals surface area (Å²) in [5.74, 6) is -1.27. The average molecular weight is 460 g/mol. The lowest BCUT2D eigenvalue weighted by Crippen LogP contribution is -2.35. The highest BCUT2D eigenvalue weighted by Crippen LogP contribution is 2.31. The quantitative estimate of drug-likeness (QED) is 0.505. The molecule has 160 valence electrons. The predicted molar refractivity (Wildman–Crippen MR) is 116 cm³/mol. The Morgan fingerprint density at radius 1 is 1.03 bits per heavy atom. The lowest BCUT2D eigenvalue weighted by Gasteiger charge is -2.30. The van der Waals surface area contributed by atoms with E-state index < -0.39 is 21.8 Å². The highest BCUT2D eigenvalue weighted by molar-refractivity contribution is 7.92. The minimum absolute atomic E-state index is 0.0814. The number of carbonyl (C=O) groups excluding carboxylic acids is 1. The van der Waals surface area contributed by atoms with Gasteiger partial charge in [-0.1, -0.05) is 35.9 Å². The molecule has 1 heterocycles. The molecule has 0 aliphatic carbocycles. The fraction of sp³-hybridized carbons (Fsp3) is 0.174. The molecule has 0 amide bonds. The maximum atomic E-state index is 13.8. The standard InChI is InChI=1S/C23H19ClFNO4S/c24-20-7-3-8-21(25)19(20)15-30-23(27)17-10-12-18(13-11-17)31(28,29)26-14-4-6-16-5-1-2-9-22(16)26/h1-3,5,7-13H,4,6,14-15H2. The van der Waals surface area contributed by atoms with Crippen molar-refractivity contribution in [3.05, 3.63) is 94.3 Å². The molecule has 8 heteroatoms. The van der Waals surface area contributed by atoms with Crippen LogP contribution in [0.25, 0.3) is 0 Å². The fourth-order valence-electron chi connectivity index (χ4n) is 3.53. The second kappa shape index (κ2) is 8.69. The zero-order chi connectivity index (χ0) is 22.0. The molecule has 0 aromatic heterocycles. The maximum Gasteiger partial charge on any atom is 0.338 e. The van der Waals surface area contributed by atoms with Crippen LogP contribution < -0.4 is 4.31 Å². The second-order valence-electron chi connectivity index (χ2n) is 7.11. The van der Waals surface area contributed by atoms with E-state index in [4.69, 9.17) is 16.3 Å². The first-order valence-electron chi connectivity index (χ1n) is 9.68. The van der Waals surface area contributed by atoms with Gasteiger partial charge in [0.1, 0.15) is 12.4 Å². The molecule has 3 aromatic carbocycles. The van der Waals surface area contributed by atoms with Crippen molar-refractivity contribution >= 4 is 33.3 Å². The molecule has 0 N–H and O–H groups in total. The Kier molecular flexibility index (Phi) is 5.98. The van der Waals surface area contributed by atoms with E-state index in [-0.39, 0.29) is 27.7 Å². The molecular formula is C23H19ClFNO4S. The van der Waals surface area contributed by atoms with E-state index >= 15 is 0 Å². The van der Waals surface area contributed by atoms with E-state index in [1.165, 1.54) is 46.8 Å². The van der Waals surface area contributed by atoms with Crippen LogP contribution in [0.4, 0.5) is 10.1 Å². The number of para-hydroxylation sites is 1. The SMILES string of the molecule is O=C(OCc1c(F)cccc1Cl)c1ccc(S(=O)(=O)N2CCCc3ccccc32)cc1. The molecule has 1 aliphatic heterocycles. The minimum atomic E-state index is -3.77. The third kappa shape index (κ3) is 4.29. The van der Waals surface area contributed by atoms with Crippen LogP contribution in [0.3, 0.4) is 0 Å². The highest BCUT2D eigenvalue weighted by Gasteiger charge is 2.29. The number of esters is 1. The third-order valence-electron chi connectivity index (χ3n) is 5.15. The molecule has 0 atom stereocenters. The molecule has 0 unspecified atom stereocenters. The number of benzene rings is 3. The summed E-state index contributed by atoms with van der Waals surface area (Å²) >= 11 is 5.94. The van der Waals surface area contributed by atoms with Gasteiger partial charge in [0, 0.05) is 12.1 Å². The summed E-state index contributed by atoms with van der Waals surface area (Å²) < 4.78 is 46.7. The van der Waals surface area contributed by atoms with Crippen molar-refractivity contribution in [2.24, 2.45) is 0 Å². The summed E-state index contributed by atoms with van der Waals surface area (Å²) in [6.45, 7) is 0.0709. The van der Waals surface area contributed by atoms with Crippen LogP contribution in [0, 0.1) is 5.82 Å². The number of aryl methyl sites for hydroxylation is 1. The summed E-state index contributed by atoms with van der Waals surface area (Å²) in [5, 5.41) is 0.163. The molecular weight excluding hydrogens is 441 g/mol. The Labute approximate surface area is 185 Å². The van der Waals surface area contributed by atoms with Gasteiger partial charge in [0.05, 0.1) is 21.2 Å². The van der Waals surface area contributed by atoms with Crippen molar-refractivity contribution in [2.45, 2.75) is 24.3 Å². The van der Waals surface area contributed by atoms with E-state index in [1.807, 2.05) is 18.2 Å². The van der Waals surface area contributed by atoms with Gasteiger partial charge >= 0.3 is 5.97 Å². The van der Waals surface area contributed by atoms with Gasteiger partial charge in [-0.15, -0.1) is 0 Å². The zero-order valence-electron chi connectivity index (χ0n) is 16.4. The average Bonchev–Trinajstić information content (AvgIpc) is 2.78. The summed E-state index contributed by atoms with van der Waals surface area (Å²) in [5.41, 5.74) is 1.91. The van der Waals surface area contributed by atoms with Crippen LogP contribution in [-0.4, -0.2) is 20.9 Å². The molecule has 31 heavy (non-hydrogen) atoms. The van der Waals surface area contributed by atoms with E-state index in [0.29, 0.717) is 12.2 Å². The lowest BCUT2D eigenvalue weighted by atomic mass is 10.0. The Balaban J connectivity index is 1.51. The first-order valence-corrected chi connectivity index (χ1v) is 11.5. The molecule has 5 nitrogen and oxygen atoms in total. The van der Waals surface area contributed by atoms with Crippen LogP contribution in [0.5, 0.6) is 0 Å². The Bertz CT molecular complexity index is 1210. The van der Waals surface area contributed by atoms with Crippen molar-refractivity contribution in [3.8, 4) is 0 Å². The Morgan fingerprint density at radius 2 is 1.77 bits per heavy atom. The van der Waals surface area contributed by atoms with Crippen LogP contribution in [-0.2, 0) is 27.8 Å². The van der Waals surface area contributed by atoms with Gasteiger partial charge in [0.25, 0.3) is 10.0 Å². The first-order chi connectivity index (χ1) is 14.9. The molecule has 0 fully saturated rings. The molecule has 3 aromatic rings. The number of sulfonamides is 1. The lowest BCUT2D eigenvalue weighted by molar-refractivity contribution is 0.0469. The number of rotatable bonds is 5. The third-order valence-corrected chi connectivity index (χ3v) is 7.34. The van der Waals surface area contributed by atoms with Gasteiger partial charge in [-0.3, -0.25) is 4.31 Å². The molecule has 0 radical (unpaired) electrons. The number of carbonyl (C=O) groups is 1. The van der Waals surface area contributed by atoms with Gasteiger partial charge in [0.15, 0.2) is 0 Å². The summed E-state index contributed by atoms with van der Waals surface area (Å²) in [7, 11) is -3.77. The maximum absolute atomic E-state index is 13.8. The zero-order valence-corrected chi connectivity index (χ0v) is 18.0. The van der Waals surface area contributed by atoms with Crippen molar-refractivity contribution in [1.29, 1.82) is 0 Å². The second-order valence-corrected chi connectivity index (χ2v) is 9.38.